The fourth-order valence-corrected chi connectivity index (χ4v) is 1.71. The monoisotopic (exact) mass is 214 g/mol. The van der Waals surface area contributed by atoms with E-state index in [9.17, 15) is 0 Å². The van der Waals surface area contributed by atoms with Gasteiger partial charge in [-0.05, 0) is 18.6 Å². The van der Waals surface area contributed by atoms with Crippen LogP contribution in [0.25, 0.3) is 0 Å². The first-order valence-corrected chi connectivity index (χ1v) is 5.66. The van der Waals surface area contributed by atoms with Crippen molar-refractivity contribution in [1.29, 1.82) is 0 Å². The molecule has 1 aromatic carbocycles. The van der Waals surface area contributed by atoms with Gasteiger partial charge in [0.2, 0.25) is 0 Å². The summed E-state index contributed by atoms with van der Waals surface area (Å²) in [5, 5.41) is 0. The van der Waals surface area contributed by atoms with Crippen molar-refractivity contribution in [3.05, 3.63) is 30.3 Å². The third kappa shape index (κ3) is 4.05. The summed E-state index contributed by atoms with van der Waals surface area (Å²) in [5.74, 6) is 0.775. The van der Waals surface area contributed by atoms with Gasteiger partial charge in [0.1, 0.15) is 5.75 Å². The van der Waals surface area contributed by atoms with E-state index in [1.54, 1.807) is 7.11 Å². The molecule has 0 N–H and O–H groups in total. The average Bonchev–Trinajstić information content (AvgIpc) is 2.25. The van der Waals surface area contributed by atoms with Crippen LogP contribution in [0.1, 0.15) is 13.3 Å². The Bertz CT molecular complexity index is 240. The van der Waals surface area contributed by atoms with Gasteiger partial charge in [0, 0.05) is 7.11 Å². The minimum Gasteiger partial charge on any atom is -0.427 e. The Kier molecular flexibility index (Phi) is 5.53. The van der Waals surface area contributed by atoms with Crippen molar-refractivity contribution < 1.29 is 13.6 Å². The molecule has 0 saturated heterocycles. The Morgan fingerprint density at radius 3 is 2.50 bits per heavy atom. The molecule has 0 aliphatic heterocycles. The minimum absolute atomic E-state index is 0.659. The lowest BCUT2D eigenvalue weighted by Crippen LogP contribution is -1.95. The molecule has 3 nitrogen and oxygen atoms in total. The van der Waals surface area contributed by atoms with Gasteiger partial charge >= 0.3 is 8.60 Å². The van der Waals surface area contributed by atoms with Crippen molar-refractivity contribution >= 4 is 8.60 Å². The average molecular weight is 214 g/mol. The second-order valence-corrected chi connectivity index (χ2v) is 3.90. The normalized spacial score (nSPS) is 12.4. The lowest BCUT2D eigenvalue weighted by Gasteiger charge is -2.14. The van der Waals surface area contributed by atoms with Gasteiger partial charge in [-0.2, -0.15) is 0 Å². The van der Waals surface area contributed by atoms with E-state index in [1.807, 2.05) is 37.3 Å². The third-order valence-corrected chi connectivity index (χ3v) is 2.52. The minimum atomic E-state index is -1.24. The van der Waals surface area contributed by atoms with E-state index in [-0.39, 0.29) is 0 Å². The van der Waals surface area contributed by atoms with Gasteiger partial charge in [-0.25, -0.2) is 0 Å². The van der Waals surface area contributed by atoms with Gasteiger partial charge in [-0.1, -0.05) is 25.1 Å². The van der Waals surface area contributed by atoms with Crippen LogP contribution in [0.2, 0.25) is 0 Å². The molecule has 1 atom stereocenters. The Hall–Kier alpha value is -0.630. The molecule has 0 fully saturated rings. The van der Waals surface area contributed by atoms with Crippen molar-refractivity contribution in [3.63, 3.8) is 0 Å². The smallest absolute Gasteiger partial charge is 0.396 e. The van der Waals surface area contributed by atoms with Crippen LogP contribution in [0.4, 0.5) is 0 Å². The molecule has 0 spiro atoms. The number of benzene rings is 1. The van der Waals surface area contributed by atoms with Gasteiger partial charge in [0.05, 0.1) is 6.61 Å². The molecule has 0 aliphatic rings. The molecule has 1 aromatic rings. The fourth-order valence-electron chi connectivity index (χ4n) is 0.850. The molecule has 78 valence electrons. The zero-order valence-electron chi connectivity index (χ0n) is 8.47. The predicted octanol–water partition coefficient (Wildman–Crippen LogP) is 3.37. The van der Waals surface area contributed by atoms with E-state index in [4.69, 9.17) is 13.6 Å². The van der Waals surface area contributed by atoms with Gasteiger partial charge in [-0.3, -0.25) is 0 Å². The molecule has 0 aliphatic carbocycles. The van der Waals surface area contributed by atoms with Crippen LogP contribution in [0.5, 0.6) is 5.75 Å². The van der Waals surface area contributed by atoms with Crippen LogP contribution in [0, 0.1) is 0 Å². The highest BCUT2D eigenvalue weighted by atomic mass is 31.2. The van der Waals surface area contributed by atoms with E-state index in [0.29, 0.717) is 6.61 Å². The quantitative estimate of drug-likeness (QED) is 0.679. The largest absolute Gasteiger partial charge is 0.427 e. The van der Waals surface area contributed by atoms with E-state index in [1.165, 1.54) is 0 Å². The van der Waals surface area contributed by atoms with Crippen molar-refractivity contribution in [3.8, 4) is 5.75 Å². The highest BCUT2D eigenvalue weighted by Crippen LogP contribution is 2.39. The van der Waals surface area contributed by atoms with Crippen LogP contribution in [0.15, 0.2) is 30.3 Å². The molecular formula is C10H15O3P. The molecule has 0 heterocycles. The van der Waals surface area contributed by atoms with Gasteiger partial charge in [0.25, 0.3) is 0 Å². The molecule has 4 heteroatoms. The second-order valence-electron chi connectivity index (χ2n) is 2.64. The number of hydrogen-bond acceptors (Lipinski definition) is 3. The third-order valence-electron chi connectivity index (χ3n) is 1.47. The Morgan fingerprint density at radius 1 is 1.21 bits per heavy atom. The molecule has 0 aromatic heterocycles. The SMILES string of the molecule is CCCOP(OC)Oc1ccccc1. The summed E-state index contributed by atoms with van der Waals surface area (Å²) in [5.41, 5.74) is 0. The Balaban J connectivity index is 2.40. The highest BCUT2D eigenvalue weighted by molar-refractivity contribution is 7.42. The molecule has 1 rings (SSSR count). The molecule has 0 saturated carbocycles. The molecule has 0 radical (unpaired) electrons. The fraction of sp³-hybridized carbons (Fsp3) is 0.400. The maximum atomic E-state index is 5.49. The van der Waals surface area contributed by atoms with Crippen molar-refractivity contribution in [2.45, 2.75) is 13.3 Å². The number of hydrogen-bond donors (Lipinski definition) is 0. The van der Waals surface area contributed by atoms with E-state index < -0.39 is 8.60 Å². The van der Waals surface area contributed by atoms with Gasteiger partial charge in [0.15, 0.2) is 0 Å². The zero-order chi connectivity index (χ0) is 10.2. The zero-order valence-corrected chi connectivity index (χ0v) is 9.37. The number of rotatable bonds is 6. The summed E-state index contributed by atoms with van der Waals surface area (Å²) in [7, 11) is 0.347. The van der Waals surface area contributed by atoms with E-state index >= 15 is 0 Å². The van der Waals surface area contributed by atoms with Gasteiger partial charge < -0.3 is 13.6 Å². The van der Waals surface area contributed by atoms with Crippen LogP contribution < -0.4 is 4.52 Å². The lowest BCUT2D eigenvalue weighted by molar-refractivity contribution is 0.235. The van der Waals surface area contributed by atoms with Crippen LogP contribution in [-0.2, 0) is 9.05 Å². The maximum Gasteiger partial charge on any atom is 0.396 e. The standard InChI is InChI=1S/C10H15O3P/c1-3-9-12-14(11-2)13-10-7-5-4-6-8-10/h4-8H,3,9H2,1-2H3. The van der Waals surface area contributed by atoms with Crippen LogP contribution in [0.3, 0.4) is 0 Å². The first-order chi connectivity index (χ1) is 6.86. The Morgan fingerprint density at radius 2 is 1.93 bits per heavy atom. The van der Waals surface area contributed by atoms with Gasteiger partial charge in [-0.15, -0.1) is 0 Å². The second kappa shape index (κ2) is 6.77. The molecule has 0 amide bonds. The molecule has 1 unspecified atom stereocenters. The summed E-state index contributed by atoms with van der Waals surface area (Å²) in [6.07, 6.45) is 0.959. The maximum absolute atomic E-state index is 5.49. The first kappa shape index (κ1) is 11.4. The van der Waals surface area contributed by atoms with Crippen molar-refractivity contribution in [2.24, 2.45) is 0 Å². The summed E-state index contributed by atoms with van der Waals surface area (Å²) >= 11 is 0. The van der Waals surface area contributed by atoms with Crippen molar-refractivity contribution in [1.82, 2.24) is 0 Å². The summed E-state index contributed by atoms with van der Waals surface area (Å²) < 4.78 is 15.9. The summed E-state index contributed by atoms with van der Waals surface area (Å²) in [6, 6.07) is 9.53. The first-order valence-electron chi connectivity index (χ1n) is 4.57. The van der Waals surface area contributed by atoms with Crippen LogP contribution in [-0.4, -0.2) is 13.7 Å². The topological polar surface area (TPSA) is 27.7 Å². The summed E-state index contributed by atoms with van der Waals surface area (Å²) in [4.78, 5) is 0. The van der Waals surface area contributed by atoms with Crippen LogP contribution >= 0.6 is 8.60 Å². The van der Waals surface area contributed by atoms with E-state index in [2.05, 4.69) is 0 Å². The van der Waals surface area contributed by atoms with Crippen molar-refractivity contribution in [2.75, 3.05) is 13.7 Å². The number of para-hydroxylation sites is 1. The molecule has 14 heavy (non-hydrogen) atoms. The van der Waals surface area contributed by atoms with E-state index in [0.717, 1.165) is 12.2 Å². The predicted molar refractivity (Wildman–Crippen MR) is 57.2 cm³/mol. The Labute approximate surface area is 86.0 Å². The molecular weight excluding hydrogens is 199 g/mol. The molecule has 0 bridgehead atoms. The summed E-state index contributed by atoms with van der Waals surface area (Å²) in [6.45, 7) is 2.71. The highest BCUT2D eigenvalue weighted by Gasteiger charge is 2.11. The lowest BCUT2D eigenvalue weighted by atomic mass is 10.3.